The van der Waals surface area contributed by atoms with Crippen molar-refractivity contribution in [3.63, 3.8) is 0 Å². The van der Waals surface area contributed by atoms with Crippen molar-refractivity contribution in [2.24, 2.45) is 5.73 Å². The minimum atomic E-state index is -2.71. The Hall–Kier alpha value is -1.76. The summed E-state index contributed by atoms with van der Waals surface area (Å²) in [5, 5.41) is 0. The van der Waals surface area contributed by atoms with E-state index in [0.29, 0.717) is 0 Å². The Balaban J connectivity index is 3.13. The Morgan fingerprint density at radius 1 is 1.56 bits per heavy atom. The Kier molecular flexibility index (Phi) is 4.96. The summed E-state index contributed by atoms with van der Waals surface area (Å²) >= 11 is 0. The maximum atomic E-state index is 12.8. The number of nitrogens with zero attached hydrogens (tertiary/aromatic N) is 1. The lowest BCUT2D eigenvalue weighted by Crippen LogP contribution is -2.15. The Labute approximate surface area is 103 Å². The van der Waals surface area contributed by atoms with Crippen LogP contribution in [0.2, 0.25) is 0 Å². The molecule has 0 aliphatic carbocycles. The smallest absolute Gasteiger partial charge is 0.311 e. The first-order valence-corrected chi connectivity index (χ1v) is 5.41. The van der Waals surface area contributed by atoms with Gasteiger partial charge in [0, 0.05) is 12.1 Å². The van der Waals surface area contributed by atoms with Crippen LogP contribution in [-0.2, 0) is 22.5 Å². The Morgan fingerprint density at radius 3 is 2.72 bits per heavy atom. The van der Waals surface area contributed by atoms with Gasteiger partial charge in [-0.25, -0.2) is 13.8 Å². The van der Waals surface area contributed by atoms with E-state index in [1.807, 2.05) is 0 Å². The number of hydrogen-bond acceptors (Lipinski definition) is 5. The molecule has 100 valence electrons. The van der Waals surface area contributed by atoms with Crippen molar-refractivity contribution in [2.45, 2.75) is 26.3 Å². The van der Waals surface area contributed by atoms with Crippen molar-refractivity contribution in [3.8, 4) is 0 Å². The summed E-state index contributed by atoms with van der Waals surface area (Å²) < 4.78 is 30.3. The molecular weight excluding hydrogens is 244 g/mol. The lowest BCUT2D eigenvalue weighted by Gasteiger charge is -2.13. The number of aromatic nitrogens is 1. The van der Waals surface area contributed by atoms with E-state index in [9.17, 15) is 13.6 Å². The fourth-order valence-electron chi connectivity index (χ4n) is 1.59. The van der Waals surface area contributed by atoms with E-state index in [2.05, 4.69) is 4.98 Å². The Morgan fingerprint density at radius 2 is 2.22 bits per heavy atom. The second kappa shape index (κ2) is 6.25. The molecule has 0 atom stereocenters. The number of hydrogen-bond donors (Lipinski definition) is 2. The number of nitrogen functional groups attached to an aromatic ring is 1. The number of nitrogens with two attached hydrogens (primary N) is 2. The number of pyridine rings is 1. The van der Waals surface area contributed by atoms with Crippen molar-refractivity contribution in [1.82, 2.24) is 4.98 Å². The number of rotatable bonds is 5. The summed E-state index contributed by atoms with van der Waals surface area (Å²) in [6.07, 6.45) is -2.93. The largest absolute Gasteiger partial charge is 0.466 e. The number of carbonyl (C=O) groups excluding carboxylic acids is 1. The highest BCUT2D eigenvalue weighted by Gasteiger charge is 2.19. The fourth-order valence-corrected chi connectivity index (χ4v) is 1.59. The van der Waals surface area contributed by atoms with E-state index >= 15 is 0 Å². The highest BCUT2D eigenvalue weighted by atomic mass is 19.3. The topological polar surface area (TPSA) is 91.2 Å². The summed E-state index contributed by atoms with van der Waals surface area (Å²) in [5.74, 6) is -0.618. The van der Waals surface area contributed by atoms with Gasteiger partial charge in [-0.05, 0) is 18.6 Å². The molecule has 1 aromatic rings. The third-order valence-corrected chi connectivity index (χ3v) is 2.32. The highest BCUT2D eigenvalue weighted by molar-refractivity contribution is 5.72. The zero-order chi connectivity index (χ0) is 13.7. The minimum Gasteiger partial charge on any atom is -0.466 e. The van der Waals surface area contributed by atoms with E-state index in [1.54, 1.807) is 6.92 Å². The van der Waals surface area contributed by atoms with Crippen molar-refractivity contribution >= 4 is 11.8 Å². The van der Waals surface area contributed by atoms with Gasteiger partial charge >= 0.3 is 5.97 Å². The third kappa shape index (κ3) is 3.36. The average molecular weight is 259 g/mol. The Bertz CT molecular complexity index is 439. The lowest BCUT2D eigenvalue weighted by molar-refractivity contribution is -0.142. The van der Waals surface area contributed by atoms with Crippen LogP contribution in [0.4, 0.5) is 14.6 Å². The third-order valence-electron chi connectivity index (χ3n) is 2.32. The zero-order valence-electron chi connectivity index (χ0n) is 9.95. The molecule has 0 unspecified atom stereocenters. The minimum absolute atomic E-state index is 0.0678. The maximum absolute atomic E-state index is 12.8. The van der Waals surface area contributed by atoms with Crippen LogP contribution in [0.3, 0.4) is 0 Å². The van der Waals surface area contributed by atoms with Gasteiger partial charge in [-0.15, -0.1) is 0 Å². The monoisotopic (exact) mass is 259 g/mol. The van der Waals surface area contributed by atoms with Crippen LogP contribution in [0.5, 0.6) is 0 Å². The summed E-state index contributed by atoms with van der Waals surface area (Å²) in [4.78, 5) is 15.2. The molecule has 1 aromatic heterocycles. The zero-order valence-corrected chi connectivity index (χ0v) is 9.95. The van der Waals surface area contributed by atoms with E-state index in [1.165, 1.54) is 0 Å². The van der Waals surface area contributed by atoms with Gasteiger partial charge < -0.3 is 16.2 Å². The molecule has 1 heterocycles. The number of esters is 1. The number of ether oxygens (including phenoxy) is 1. The average Bonchev–Trinajstić information content (AvgIpc) is 2.28. The molecule has 5 nitrogen and oxygen atoms in total. The molecule has 0 saturated heterocycles. The van der Waals surface area contributed by atoms with Gasteiger partial charge in [-0.2, -0.15) is 0 Å². The van der Waals surface area contributed by atoms with Crippen LogP contribution in [0, 0.1) is 0 Å². The lowest BCUT2D eigenvalue weighted by atomic mass is 10.0. The predicted molar refractivity (Wildman–Crippen MR) is 61.8 cm³/mol. The second-order valence-electron chi connectivity index (χ2n) is 3.55. The molecule has 0 aliphatic rings. The molecule has 0 aliphatic heterocycles. The van der Waals surface area contributed by atoms with Crippen LogP contribution >= 0.6 is 0 Å². The molecule has 7 heteroatoms. The van der Waals surface area contributed by atoms with E-state index in [0.717, 1.165) is 6.07 Å². The molecule has 1 rings (SSSR count). The number of alkyl halides is 2. The SMILES string of the molecule is CCOC(=O)Cc1nc(N)cc(C(F)F)c1CN. The molecule has 0 bridgehead atoms. The van der Waals surface area contributed by atoms with Crippen LogP contribution in [-0.4, -0.2) is 17.6 Å². The standard InChI is InChI=1S/C11H15F2N3O2/c1-2-18-10(17)4-8-7(5-14)6(11(12)13)3-9(15)16-8/h3,11H,2,4-5,14H2,1H3,(H2,15,16). The summed E-state index contributed by atoms with van der Waals surface area (Å²) in [7, 11) is 0. The highest BCUT2D eigenvalue weighted by Crippen LogP contribution is 2.26. The van der Waals surface area contributed by atoms with Gasteiger partial charge in [-0.1, -0.05) is 0 Å². The number of halogens is 2. The first-order chi connectivity index (χ1) is 8.49. The molecule has 0 saturated carbocycles. The van der Waals surface area contributed by atoms with Crippen molar-refractivity contribution in [1.29, 1.82) is 0 Å². The van der Waals surface area contributed by atoms with Crippen LogP contribution in [0.25, 0.3) is 0 Å². The van der Waals surface area contributed by atoms with Crippen LogP contribution in [0.1, 0.15) is 30.2 Å². The maximum Gasteiger partial charge on any atom is 0.311 e. The first-order valence-electron chi connectivity index (χ1n) is 5.41. The molecule has 0 fully saturated rings. The quantitative estimate of drug-likeness (QED) is 0.774. The van der Waals surface area contributed by atoms with Crippen molar-refractivity contribution < 1.29 is 18.3 Å². The molecular formula is C11H15F2N3O2. The summed E-state index contributed by atoms with van der Waals surface area (Å²) in [5.41, 5.74) is 10.9. The van der Waals surface area contributed by atoms with E-state index in [4.69, 9.17) is 16.2 Å². The normalized spacial score (nSPS) is 10.7. The predicted octanol–water partition coefficient (Wildman–Crippen LogP) is 1.17. The molecule has 0 spiro atoms. The number of carbonyl (C=O) groups is 1. The van der Waals surface area contributed by atoms with Crippen molar-refractivity contribution in [3.05, 3.63) is 22.9 Å². The van der Waals surface area contributed by atoms with Crippen LogP contribution < -0.4 is 11.5 Å². The van der Waals surface area contributed by atoms with Gasteiger partial charge in [0.1, 0.15) is 5.82 Å². The second-order valence-corrected chi connectivity index (χ2v) is 3.55. The van der Waals surface area contributed by atoms with Gasteiger partial charge in [0.25, 0.3) is 6.43 Å². The first kappa shape index (κ1) is 14.3. The van der Waals surface area contributed by atoms with Gasteiger partial charge in [0.15, 0.2) is 0 Å². The fraction of sp³-hybridized carbons (Fsp3) is 0.455. The van der Waals surface area contributed by atoms with Gasteiger partial charge in [-0.3, -0.25) is 4.79 Å². The molecule has 0 radical (unpaired) electrons. The van der Waals surface area contributed by atoms with Gasteiger partial charge in [0.2, 0.25) is 0 Å². The van der Waals surface area contributed by atoms with E-state index < -0.39 is 12.4 Å². The van der Waals surface area contributed by atoms with Crippen LogP contribution in [0.15, 0.2) is 6.07 Å². The van der Waals surface area contributed by atoms with Crippen molar-refractivity contribution in [2.75, 3.05) is 12.3 Å². The van der Waals surface area contributed by atoms with Gasteiger partial charge in [0.05, 0.1) is 18.7 Å². The van der Waals surface area contributed by atoms with E-state index in [-0.39, 0.29) is 42.2 Å². The number of anilines is 1. The summed E-state index contributed by atoms with van der Waals surface area (Å²) in [6, 6.07) is 1.07. The molecule has 0 aromatic carbocycles. The molecule has 0 amide bonds. The molecule has 18 heavy (non-hydrogen) atoms. The molecule has 4 N–H and O–H groups in total. The summed E-state index contributed by atoms with van der Waals surface area (Å²) in [6.45, 7) is 1.72.